The molecule has 0 aromatic rings. The van der Waals surface area contributed by atoms with Crippen molar-refractivity contribution in [2.24, 2.45) is 0 Å². The fourth-order valence-corrected chi connectivity index (χ4v) is 8.65. The lowest BCUT2D eigenvalue weighted by Crippen LogP contribution is -2.65. The Labute approximate surface area is 374 Å². The molecule has 2 aliphatic rings. The maximum Gasteiger partial charge on any atom is 0.220 e. The Hall–Kier alpha value is -1.01. The zero-order valence-corrected chi connectivity index (χ0v) is 38.9. The Morgan fingerprint density at radius 3 is 1.37 bits per heavy atom. The Bertz CT molecular complexity index is 1060. The molecule has 2 heterocycles. The van der Waals surface area contributed by atoms with E-state index in [1.807, 2.05) is 0 Å². The Kier molecular flexibility index (Phi) is 33.3. The van der Waals surface area contributed by atoms with Gasteiger partial charge in [0, 0.05) is 6.42 Å². The summed E-state index contributed by atoms with van der Waals surface area (Å²) in [6.07, 6.45) is 19.0. The summed E-state index contributed by atoms with van der Waals surface area (Å²) < 4.78 is 22.6. The van der Waals surface area contributed by atoms with Gasteiger partial charge in [0.1, 0.15) is 48.8 Å². The molecule has 14 heteroatoms. The van der Waals surface area contributed by atoms with Crippen LogP contribution in [0, 0.1) is 0 Å². The average molecular weight is 892 g/mol. The van der Waals surface area contributed by atoms with E-state index in [9.17, 15) is 45.6 Å². The second-order valence-electron chi connectivity index (χ2n) is 18.3. The smallest absolute Gasteiger partial charge is 0.220 e. The van der Waals surface area contributed by atoms with Gasteiger partial charge in [-0.05, 0) is 12.8 Å². The molecule has 0 aromatic heterocycles. The van der Waals surface area contributed by atoms with Gasteiger partial charge in [-0.3, -0.25) is 4.79 Å². The average Bonchev–Trinajstić information content (AvgIpc) is 3.27. The van der Waals surface area contributed by atoms with Crippen LogP contribution in [0.2, 0.25) is 0 Å². The van der Waals surface area contributed by atoms with Crippen LogP contribution in [0.5, 0.6) is 0 Å². The van der Waals surface area contributed by atoms with Crippen molar-refractivity contribution in [3.05, 3.63) is 0 Å². The van der Waals surface area contributed by atoms with Crippen molar-refractivity contribution in [3.8, 4) is 0 Å². The first-order chi connectivity index (χ1) is 30.1. The summed E-state index contributed by atoms with van der Waals surface area (Å²) in [6, 6.07) is -0.818. The van der Waals surface area contributed by atoms with Gasteiger partial charge in [-0.15, -0.1) is 0 Å². The molecule has 12 atom stereocenters. The third-order valence-electron chi connectivity index (χ3n) is 12.8. The van der Waals surface area contributed by atoms with Crippen LogP contribution in [0.4, 0.5) is 0 Å². The molecular formula is C48H93NO13. The number of hydrogen-bond donors (Lipinski definition) is 9. The van der Waals surface area contributed by atoms with Gasteiger partial charge in [0.15, 0.2) is 12.6 Å². The van der Waals surface area contributed by atoms with Gasteiger partial charge in [-0.2, -0.15) is 0 Å². The van der Waals surface area contributed by atoms with Crippen LogP contribution >= 0.6 is 0 Å². The van der Waals surface area contributed by atoms with E-state index in [4.69, 9.17) is 18.9 Å². The summed E-state index contributed by atoms with van der Waals surface area (Å²) in [5, 5.41) is 86.3. The lowest BCUT2D eigenvalue weighted by atomic mass is 9.97. The van der Waals surface area contributed by atoms with Crippen LogP contribution in [-0.4, -0.2) is 140 Å². The molecule has 1 amide bonds. The van der Waals surface area contributed by atoms with E-state index in [2.05, 4.69) is 19.2 Å². The predicted molar refractivity (Wildman–Crippen MR) is 240 cm³/mol. The number of aliphatic hydroxyl groups excluding tert-OH is 8. The third-order valence-corrected chi connectivity index (χ3v) is 12.8. The third kappa shape index (κ3) is 23.4. The maximum atomic E-state index is 13.1. The fourth-order valence-electron chi connectivity index (χ4n) is 8.65. The number of ether oxygens (including phenoxy) is 4. The van der Waals surface area contributed by atoms with Crippen LogP contribution < -0.4 is 5.32 Å². The molecule has 2 rings (SSSR count). The van der Waals surface area contributed by atoms with Crippen LogP contribution in [0.25, 0.3) is 0 Å². The van der Waals surface area contributed by atoms with Gasteiger partial charge >= 0.3 is 0 Å². The molecule has 2 aliphatic heterocycles. The van der Waals surface area contributed by atoms with Crippen molar-refractivity contribution in [1.82, 2.24) is 5.32 Å². The standard InChI is InChI=1S/C48H93NO13/c1-3-5-7-9-10-11-12-13-14-15-16-17-18-19-20-21-22-23-24-25-26-28-30-32-40(53)49-36(37(52)31-29-27-8-6-4-2)35-59-47-45(58)43(56)46(39(34-51)61-47)62-48-44(57)42(55)41(54)38(33-50)60-48/h36-39,41-48,50-52,54-58H,3-35H2,1-2H3,(H,49,53). The number of unbranched alkanes of at least 4 members (excludes halogenated alkanes) is 26. The summed E-state index contributed by atoms with van der Waals surface area (Å²) in [4.78, 5) is 13.1. The highest BCUT2D eigenvalue weighted by atomic mass is 16.7. The Morgan fingerprint density at radius 1 is 0.516 bits per heavy atom. The summed E-state index contributed by atoms with van der Waals surface area (Å²) >= 11 is 0. The minimum atomic E-state index is -1.78. The van der Waals surface area contributed by atoms with E-state index < -0.39 is 86.8 Å². The Balaban J connectivity index is 1.66. The first kappa shape index (κ1) is 57.1. The summed E-state index contributed by atoms with van der Waals surface area (Å²) in [6.45, 7) is 2.76. The number of rotatable bonds is 39. The van der Waals surface area contributed by atoms with Crippen molar-refractivity contribution in [2.75, 3.05) is 19.8 Å². The minimum Gasteiger partial charge on any atom is -0.394 e. The number of amides is 1. The van der Waals surface area contributed by atoms with Crippen LogP contribution in [0.15, 0.2) is 0 Å². The maximum absolute atomic E-state index is 13.1. The molecule has 62 heavy (non-hydrogen) atoms. The van der Waals surface area contributed by atoms with E-state index in [1.165, 1.54) is 122 Å². The number of hydrogen-bond acceptors (Lipinski definition) is 13. The van der Waals surface area contributed by atoms with Gasteiger partial charge in [-0.1, -0.05) is 187 Å². The first-order valence-corrected chi connectivity index (χ1v) is 25.3. The molecule has 2 saturated heterocycles. The van der Waals surface area contributed by atoms with E-state index in [0.29, 0.717) is 12.8 Å². The van der Waals surface area contributed by atoms with Gasteiger partial charge in [0.05, 0.1) is 32.0 Å². The quantitative estimate of drug-likeness (QED) is 0.0313. The number of carbonyl (C=O) groups excluding carboxylic acids is 1. The van der Waals surface area contributed by atoms with Crippen molar-refractivity contribution in [1.29, 1.82) is 0 Å². The number of aliphatic hydroxyl groups is 8. The SMILES string of the molecule is CCCCCCCCCCCCCCCCCCCCCCCCCC(=O)NC(COC1OC(CO)C(OC2OC(CO)C(O)C(O)C2O)C(O)C1O)C(O)CCCCCCC. The van der Waals surface area contributed by atoms with Gasteiger partial charge in [0.25, 0.3) is 0 Å². The molecule has 0 aliphatic carbocycles. The summed E-state index contributed by atoms with van der Waals surface area (Å²) in [7, 11) is 0. The van der Waals surface area contributed by atoms with Crippen LogP contribution in [-0.2, 0) is 23.7 Å². The van der Waals surface area contributed by atoms with Crippen LogP contribution in [0.1, 0.15) is 206 Å². The zero-order chi connectivity index (χ0) is 45.4. The molecule has 14 nitrogen and oxygen atoms in total. The normalized spacial score (nSPS) is 27.6. The highest BCUT2D eigenvalue weighted by Gasteiger charge is 2.51. The molecule has 0 radical (unpaired) electrons. The van der Waals surface area contributed by atoms with Gasteiger partial charge in [-0.25, -0.2) is 0 Å². The van der Waals surface area contributed by atoms with E-state index in [1.54, 1.807) is 0 Å². The minimum absolute atomic E-state index is 0.210. The molecule has 0 aromatic carbocycles. The molecule has 12 unspecified atom stereocenters. The second-order valence-corrected chi connectivity index (χ2v) is 18.3. The van der Waals surface area contributed by atoms with E-state index in [-0.39, 0.29) is 12.5 Å². The van der Waals surface area contributed by atoms with Gasteiger partial charge in [0.2, 0.25) is 5.91 Å². The summed E-state index contributed by atoms with van der Waals surface area (Å²) in [5.74, 6) is -0.210. The van der Waals surface area contributed by atoms with Gasteiger partial charge < -0.3 is 65.1 Å². The lowest BCUT2D eigenvalue weighted by Gasteiger charge is -2.46. The molecule has 0 spiro atoms. The molecule has 9 N–H and O–H groups in total. The largest absolute Gasteiger partial charge is 0.394 e. The second kappa shape index (κ2) is 36.2. The molecule has 0 bridgehead atoms. The first-order valence-electron chi connectivity index (χ1n) is 25.3. The van der Waals surface area contributed by atoms with Crippen LogP contribution in [0.3, 0.4) is 0 Å². The predicted octanol–water partition coefficient (Wildman–Crippen LogP) is 6.22. The highest BCUT2D eigenvalue weighted by molar-refractivity contribution is 5.76. The lowest BCUT2D eigenvalue weighted by molar-refractivity contribution is -0.359. The van der Waals surface area contributed by atoms with E-state index in [0.717, 1.165) is 57.8 Å². The van der Waals surface area contributed by atoms with Crippen molar-refractivity contribution in [2.45, 2.75) is 280 Å². The van der Waals surface area contributed by atoms with Crippen molar-refractivity contribution >= 4 is 5.91 Å². The number of carbonyl (C=O) groups is 1. The zero-order valence-electron chi connectivity index (χ0n) is 38.9. The fraction of sp³-hybridized carbons (Fsp3) is 0.979. The topological polar surface area (TPSA) is 228 Å². The Morgan fingerprint density at radius 2 is 0.919 bits per heavy atom. The molecular weight excluding hydrogens is 799 g/mol. The molecule has 368 valence electrons. The van der Waals surface area contributed by atoms with Crippen molar-refractivity contribution in [3.63, 3.8) is 0 Å². The van der Waals surface area contributed by atoms with Crippen molar-refractivity contribution < 1.29 is 64.6 Å². The summed E-state index contributed by atoms with van der Waals surface area (Å²) in [5.41, 5.74) is 0. The molecule has 2 fully saturated rings. The number of nitrogens with one attached hydrogen (secondary N) is 1. The van der Waals surface area contributed by atoms with E-state index >= 15 is 0 Å². The highest BCUT2D eigenvalue weighted by Crippen LogP contribution is 2.30. The molecule has 0 saturated carbocycles. The monoisotopic (exact) mass is 892 g/mol.